The summed E-state index contributed by atoms with van der Waals surface area (Å²) in [6.45, 7) is 5.52. The molecule has 0 spiro atoms. The van der Waals surface area contributed by atoms with E-state index in [4.69, 9.17) is 0 Å². The van der Waals surface area contributed by atoms with Crippen LogP contribution in [0.15, 0.2) is 18.2 Å². The van der Waals surface area contributed by atoms with Crippen molar-refractivity contribution in [2.75, 3.05) is 7.05 Å². The first-order valence-electron chi connectivity index (χ1n) is 6.99. The predicted octanol–water partition coefficient (Wildman–Crippen LogP) is 4.44. The summed E-state index contributed by atoms with van der Waals surface area (Å²) in [4.78, 5) is 3.20. The van der Waals surface area contributed by atoms with Gasteiger partial charge in [-0.1, -0.05) is 47.0 Å². The molecule has 2 rings (SSSR count). The van der Waals surface area contributed by atoms with Crippen molar-refractivity contribution >= 4 is 15.9 Å². The third-order valence-electron chi connectivity index (χ3n) is 4.27. The van der Waals surface area contributed by atoms with Crippen LogP contribution in [0.2, 0.25) is 0 Å². The van der Waals surface area contributed by atoms with Gasteiger partial charge in [-0.25, -0.2) is 0 Å². The molecule has 0 amide bonds. The van der Waals surface area contributed by atoms with Gasteiger partial charge in [-0.3, -0.25) is 4.90 Å². The Morgan fingerprint density at radius 3 is 2.39 bits per heavy atom. The minimum Gasteiger partial charge on any atom is -0.298 e. The summed E-state index contributed by atoms with van der Waals surface area (Å²) in [5.74, 6) is 0. The topological polar surface area (TPSA) is 3.24 Å². The molecule has 2 unspecified atom stereocenters. The van der Waals surface area contributed by atoms with Crippen molar-refractivity contribution in [1.82, 2.24) is 4.90 Å². The van der Waals surface area contributed by atoms with Gasteiger partial charge >= 0.3 is 0 Å². The van der Waals surface area contributed by atoms with Gasteiger partial charge in [-0.15, -0.1) is 0 Å². The van der Waals surface area contributed by atoms with Crippen LogP contribution in [0.5, 0.6) is 0 Å². The van der Waals surface area contributed by atoms with Crippen molar-refractivity contribution in [3.05, 3.63) is 34.9 Å². The van der Waals surface area contributed by atoms with Crippen LogP contribution in [0.3, 0.4) is 0 Å². The molecule has 2 heteroatoms. The largest absolute Gasteiger partial charge is 0.298 e. The molecule has 0 aliphatic heterocycles. The van der Waals surface area contributed by atoms with E-state index in [9.17, 15) is 0 Å². The van der Waals surface area contributed by atoms with E-state index in [2.05, 4.69) is 59.9 Å². The molecule has 1 aromatic carbocycles. The Bertz CT molecular complexity index is 382. The maximum absolute atomic E-state index is 3.86. The van der Waals surface area contributed by atoms with Gasteiger partial charge in [0.15, 0.2) is 0 Å². The van der Waals surface area contributed by atoms with E-state index in [1.54, 1.807) is 0 Å². The smallest absolute Gasteiger partial charge is 0.0301 e. The second-order valence-electron chi connectivity index (χ2n) is 5.65. The highest BCUT2D eigenvalue weighted by Gasteiger charge is 2.26. The lowest BCUT2D eigenvalue weighted by Gasteiger charge is -2.35. The fourth-order valence-electron chi connectivity index (χ4n) is 3.03. The van der Waals surface area contributed by atoms with Crippen LogP contribution in [0, 0.1) is 13.8 Å². The first-order chi connectivity index (χ1) is 8.59. The molecular formula is C16H24BrN. The lowest BCUT2D eigenvalue weighted by atomic mass is 9.93. The molecule has 100 valence electrons. The molecule has 0 bridgehead atoms. The van der Waals surface area contributed by atoms with Gasteiger partial charge in [0, 0.05) is 17.4 Å². The number of rotatable bonds is 3. The van der Waals surface area contributed by atoms with Gasteiger partial charge in [0.25, 0.3) is 0 Å². The van der Waals surface area contributed by atoms with Crippen molar-refractivity contribution in [3.63, 3.8) is 0 Å². The number of benzene rings is 1. The van der Waals surface area contributed by atoms with Crippen molar-refractivity contribution in [3.8, 4) is 0 Å². The minimum atomic E-state index is 0.667. The van der Waals surface area contributed by atoms with E-state index in [1.807, 2.05) is 0 Å². The molecule has 1 nitrogen and oxygen atoms in total. The quantitative estimate of drug-likeness (QED) is 0.746. The van der Waals surface area contributed by atoms with Crippen LogP contribution in [0.1, 0.15) is 42.4 Å². The van der Waals surface area contributed by atoms with E-state index < -0.39 is 0 Å². The van der Waals surface area contributed by atoms with Gasteiger partial charge in [0.05, 0.1) is 0 Å². The molecule has 1 aliphatic rings. The van der Waals surface area contributed by atoms with Crippen molar-refractivity contribution < 1.29 is 0 Å². The molecule has 0 N–H and O–H groups in total. The maximum Gasteiger partial charge on any atom is 0.0301 e. The first kappa shape index (κ1) is 14.1. The first-order valence-corrected chi connectivity index (χ1v) is 7.90. The second-order valence-corrected chi connectivity index (χ2v) is 6.83. The molecule has 1 saturated carbocycles. The van der Waals surface area contributed by atoms with Crippen LogP contribution in [0.4, 0.5) is 0 Å². The number of alkyl halides is 1. The molecule has 0 saturated heterocycles. The third kappa shape index (κ3) is 3.16. The Labute approximate surface area is 120 Å². The summed E-state index contributed by atoms with van der Waals surface area (Å²) < 4.78 is 0. The van der Waals surface area contributed by atoms with Crippen LogP contribution in [-0.2, 0) is 6.54 Å². The van der Waals surface area contributed by atoms with Crippen molar-refractivity contribution in [2.45, 2.75) is 56.9 Å². The van der Waals surface area contributed by atoms with Crippen LogP contribution in [-0.4, -0.2) is 22.8 Å². The molecule has 0 radical (unpaired) electrons. The second kappa shape index (κ2) is 6.21. The summed E-state index contributed by atoms with van der Waals surface area (Å²) in [7, 11) is 2.27. The Kier molecular flexibility index (Phi) is 4.85. The number of nitrogens with zero attached hydrogens (tertiary/aromatic N) is 1. The van der Waals surface area contributed by atoms with Gasteiger partial charge in [0.2, 0.25) is 0 Å². The molecule has 0 heterocycles. The SMILES string of the molecule is Cc1cccc(C)c1CN(C)C1CCCCC1Br. The summed E-state index contributed by atoms with van der Waals surface area (Å²) in [6.07, 6.45) is 5.41. The fraction of sp³-hybridized carbons (Fsp3) is 0.625. The fourth-order valence-corrected chi connectivity index (χ4v) is 4.02. The van der Waals surface area contributed by atoms with Crippen molar-refractivity contribution in [2.24, 2.45) is 0 Å². The number of hydrogen-bond acceptors (Lipinski definition) is 1. The Hall–Kier alpha value is -0.340. The highest BCUT2D eigenvalue weighted by molar-refractivity contribution is 9.09. The molecule has 2 atom stereocenters. The van der Waals surface area contributed by atoms with Crippen molar-refractivity contribution in [1.29, 1.82) is 0 Å². The van der Waals surface area contributed by atoms with E-state index in [-0.39, 0.29) is 0 Å². The Morgan fingerprint density at radius 2 is 1.78 bits per heavy atom. The van der Waals surface area contributed by atoms with Gasteiger partial charge in [-0.05, 0) is 50.4 Å². The average molecular weight is 310 g/mol. The summed E-state index contributed by atoms with van der Waals surface area (Å²) >= 11 is 3.86. The monoisotopic (exact) mass is 309 g/mol. The zero-order valence-corrected chi connectivity index (χ0v) is 13.3. The lowest BCUT2D eigenvalue weighted by molar-refractivity contribution is 0.192. The molecule has 1 aliphatic carbocycles. The normalized spacial score (nSPS) is 24.5. The molecule has 1 fully saturated rings. The van der Waals surface area contributed by atoms with E-state index in [0.717, 1.165) is 6.54 Å². The van der Waals surface area contributed by atoms with Crippen LogP contribution >= 0.6 is 15.9 Å². The summed E-state index contributed by atoms with van der Waals surface area (Å²) in [5, 5.41) is 0. The van der Waals surface area contributed by atoms with Gasteiger partial charge in [0.1, 0.15) is 0 Å². The van der Waals surface area contributed by atoms with Gasteiger partial charge in [-0.2, -0.15) is 0 Å². The van der Waals surface area contributed by atoms with Crippen LogP contribution < -0.4 is 0 Å². The van der Waals surface area contributed by atoms with E-state index in [0.29, 0.717) is 10.9 Å². The van der Waals surface area contributed by atoms with Gasteiger partial charge < -0.3 is 0 Å². The number of halogens is 1. The molecular weight excluding hydrogens is 286 g/mol. The van der Waals surface area contributed by atoms with Crippen LogP contribution in [0.25, 0.3) is 0 Å². The number of aryl methyl sites for hydroxylation is 2. The molecule has 18 heavy (non-hydrogen) atoms. The Morgan fingerprint density at radius 1 is 1.17 bits per heavy atom. The predicted molar refractivity (Wildman–Crippen MR) is 82.4 cm³/mol. The van der Waals surface area contributed by atoms with E-state index >= 15 is 0 Å². The molecule has 0 aromatic heterocycles. The zero-order chi connectivity index (χ0) is 13.1. The highest BCUT2D eigenvalue weighted by Crippen LogP contribution is 2.29. The lowest BCUT2D eigenvalue weighted by Crippen LogP contribution is -2.40. The minimum absolute atomic E-state index is 0.667. The maximum atomic E-state index is 3.86. The Balaban J connectivity index is 2.08. The summed E-state index contributed by atoms with van der Waals surface area (Å²) in [5.41, 5.74) is 4.35. The molecule has 1 aromatic rings. The summed E-state index contributed by atoms with van der Waals surface area (Å²) in [6, 6.07) is 7.30. The standard InChI is InChI=1S/C16H24BrN/c1-12-7-6-8-13(2)14(12)11-18(3)16-10-5-4-9-15(16)17/h6-8,15-16H,4-5,9-11H2,1-3H3. The highest BCUT2D eigenvalue weighted by atomic mass is 79.9. The average Bonchev–Trinajstić information content (AvgIpc) is 2.34. The number of hydrogen-bond donors (Lipinski definition) is 0. The third-order valence-corrected chi connectivity index (χ3v) is 5.33. The zero-order valence-electron chi connectivity index (χ0n) is 11.7. The van der Waals surface area contributed by atoms with E-state index in [1.165, 1.54) is 42.4 Å².